The average molecular weight is 562 g/mol. The van der Waals surface area contributed by atoms with Crippen molar-refractivity contribution in [1.29, 1.82) is 0 Å². The van der Waals surface area contributed by atoms with Crippen LogP contribution >= 0.6 is 58.2 Å². The van der Waals surface area contributed by atoms with Crippen LogP contribution in [-0.4, -0.2) is 23.9 Å². The maximum Gasteiger partial charge on any atom is 0.305 e. The van der Waals surface area contributed by atoms with Crippen LogP contribution < -0.4 is 29.4 Å². The minimum absolute atomic E-state index is 0. The molecule has 2 aromatic carbocycles. The molecule has 2 rings (SSSR count). The van der Waals surface area contributed by atoms with Gasteiger partial charge in [0.05, 0.1) is 22.5 Å². The van der Waals surface area contributed by atoms with E-state index in [2.05, 4.69) is 15.3 Å². The molecule has 0 unspecified atom stereocenters. The molecule has 2 N–H and O–H groups in total. The maximum absolute atomic E-state index is 6.09. The van der Waals surface area contributed by atoms with Gasteiger partial charge in [0, 0.05) is 21.2 Å². The Bertz CT molecular complexity index is 843. The molecule has 2 aromatic rings. The van der Waals surface area contributed by atoms with Crippen LogP contribution in [0.4, 0.5) is 0 Å². The molecule has 0 fully saturated rings. The van der Waals surface area contributed by atoms with Gasteiger partial charge in [0.2, 0.25) is 0 Å². The van der Waals surface area contributed by atoms with E-state index >= 15 is 0 Å². The van der Waals surface area contributed by atoms with E-state index in [1.807, 2.05) is 6.26 Å². The van der Waals surface area contributed by atoms with Crippen molar-refractivity contribution in [1.82, 2.24) is 0 Å². The first-order chi connectivity index (χ1) is 12.0. The molecule has 0 heterocycles. The molecule has 0 bridgehead atoms. The molecule has 10 heteroatoms. The Hall–Kier alpha value is -0.350. The van der Waals surface area contributed by atoms with Gasteiger partial charge in [-0.3, -0.25) is 0 Å². The Balaban J connectivity index is 0.00000338. The number of hydrogen-bond acceptors (Lipinski definition) is 4. The molecule has 0 radical (unpaired) electrons. The number of amidine groups is 1. The van der Waals surface area contributed by atoms with Crippen molar-refractivity contribution in [2.45, 2.75) is 0 Å². The monoisotopic (exact) mass is 560 g/mol. The van der Waals surface area contributed by atoms with E-state index in [1.54, 1.807) is 54.3 Å². The minimum atomic E-state index is 0. The number of quaternary nitrogens is 1. The second kappa shape index (κ2) is 12.2. The van der Waals surface area contributed by atoms with Crippen molar-refractivity contribution in [3.8, 4) is 0 Å². The molecule has 0 aliphatic rings. The fourth-order valence-corrected chi connectivity index (χ4v) is 2.87. The first-order valence-electron chi connectivity index (χ1n) is 6.91. The lowest BCUT2D eigenvalue weighted by atomic mass is 10.2. The summed E-state index contributed by atoms with van der Waals surface area (Å²) >= 11 is 25.3. The summed E-state index contributed by atoms with van der Waals surface area (Å²) in [6, 6.07) is 10.4. The van der Waals surface area contributed by atoms with Gasteiger partial charge in [-0.05, 0) is 42.3 Å². The third kappa shape index (κ3) is 7.72. The number of thioether (sulfide) groups is 1. The predicted molar refractivity (Wildman–Crippen MR) is 111 cm³/mol. The molecule has 0 amide bonds. The molecule has 0 aliphatic carbocycles. The van der Waals surface area contributed by atoms with E-state index in [0.29, 0.717) is 25.3 Å². The Morgan fingerprint density at radius 2 is 1.46 bits per heavy atom. The van der Waals surface area contributed by atoms with Crippen LogP contribution in [0.25, 0.3) is 0 Å². The lowest BCUT2D eigenvalue weighted by Crippen LogP contribution is -3.00. The third-order valence-electron chi connectivity index (χ3n) is 2.89. The molecule has 0 atom stereocenters. The molecule has 4 nitrogen and oxygen atoms in total. The van der Waals surface area contributed by atoms with Crippen molar-refractivity contribution in [2.24, 2.45) is 15.3 Å². The van der Waals surface area contributed by atoms with E-state index in [4.69, 9.17) is 46.4 Å². The summed E-state index contributed by atoms with van der Waals surface area (Å²) in [6.45, 7) is 0. The summed E-state index contributed by atoms with van der Waals surface area (Å²) < 4.78 is 0. The number of rotatable bonds is 4. The standard InChI is InChI=1S/C16H12Cl4N4S.HI/c1-25-16(23-21-8-10-2-4-12(17)6-14(10)19)24-22-9-11-3-5-13(18)7-15(11)20;/h2-9H,1H3,(H,23,24);1H/b21-8+,22-9+;. The zero-order chi connectivity index (χ0) is 18.2. The van der Waals surface area contributed by atoms with Gasteiger partial charge in [-0.25, -0.2) is 0 Å². The van der Waals surface area contributed by atoms with Crippen molar-refractivity contribution in [3.63, 3.8) is 0 Å². The van der Waals surface area contributed by atoms with Gasteiger partial charge in [0.25, 0.3) is 0 Å². The van der Waals surface area contributed by atoms with E-state index in [0.717, 1.165) is 11.1 Å². The summed E-state index contributed by atoms with van der Waals surface area (Å²) in [5.41, 5.74) is 3.09. The fraction of sp³-hybridized carbons (Fsp3) is 0.0625. The molecule has 0 saturated carbocycles. The number of halogens is 5. The second-order valence-corrected chi connectivity index (χ2v) is 7.14. The van der Waals surface area contributed by atoms with E-state index in [-0.39, 0.29) is 24.0 Å². The molecule has 0 saturated heterocycles. The van der Waals surface area contributed by atoms with Gasteiger partial charge in [0.1, 0.15) is 0 Å². The Kier molecular flexibility index (Phi) is 11.1. The molecule has 0 aromatic heterocycles. The number of benzene rings is 2. The van der Waals surface area contributed by atoms with Gasteiger partial charge in [0.15, 0.2) is 0 Å². The largest absolute Gasteiger partial charge is 1.00 e. The summed E-state index contributed by atoms with van der Waals surface area (Å²) in [4.78, 5) is 0. The molecular formula is C16H13Cl4IN4S. The van der Waals surface area contributed by atoms with Gasteiger partial charge in [-0.15, -0.1) is 0 Å². The zero-order valence-corrected chi connectivity index (χ0v) is 19.3. The number of nitrogens with two attached hydrogens (primary N) is 1. The minimum Gasteiger partial charge on any atom is -1.00 e. The Morgan fingerprint density at radius 1 is 0.923 bits per heavy atom. The normalized spacial score (nSPS) is 12.0. The summed E-state index contributed by atoms with van der Waals surface area (Å²) in [7, 11) is 0. The van der Waals surface area contributed by atoms with Crippen molar-refractivity contribution in [2.75, 3.05) is 6.26 Å². The highest BCUT2D eigenvalue weighted by atomic mass is 127. The zero-order valence-electron chi connectivity index (χ0n) is 13.3. The van der Waals surface area contributed by atoms with E-state index in [1.165, 1.54) is 11.8 Å². The second-order valence-electron chi connectivity index (χ2n) is 4.63. The van der Waals surface area contributed by atoms with Crippen molar-refractivity contribution >= 4 is 75.8 Å². The van der Waals surface area contributed by atoms with Gasteiger partial charge < -0.3 is 24.0 Å². The van der Waals surface area contributed by atoms with E-state index < -0.39 is 0 Å². The van der Waals surface area contributed by atoms with Crippen molar-refractivity contribution < 1.29 is 29.4 Å². The van der Waals surface area contributed by atoms with Gasteiger partial charge >= 0.3 is 5.17 Å². The number of hydrogen-bond donors (Lipinski definition) is 1. The van der Waals surface area contributed by atoms with Gasteiger partial charge in [-0.1, -0.05) is 68.7 Å². The van der Waals surface area contributed by atoms with Gasteiger partial charge in [-0.2, -0.15) is 10.5 Å². The molecule has 0 spiro atoms. The summed E-state index contributed by atoms with van der Waals surface area (Å²) in [5.74, 6) is 0. The van der Waals surface area contributed by atoms with Crippen LogP contribution in [0, 0.1) is 0 Å². The number of nitrogens with zero attached hydrogens (tertiary/aromatic N) is 3. The molecule has 26 heavy (non-hydrogen) atoms. The Labute approximate surface area is 193 Å². The van der Waals surface area contributed by atoms with Crippen molar-refractivity contribution in [3.05, 3.63) is 67.6 Å². The van der Waals surface area contributed by atoms with Crippen LogP contribution in [0.15, 0.2) is 51.7 Å². The topological polar surface area (TPSA) is 53.7 Å². The average Bonchev–Trinajstić information content (AvgIpc) is 2.57. The highest BCUT2D eigenvalue weighted by molar-refractivity contribution is 8.12. The van der Waals surface area contributed by atoms with E-state index in [9.17, 15) is 0 Å². The first kappa shape index (κ1) is 23.7. The molecule has 138 valence electrons. The summed E-state index contributed by atoms with van der Waals surface area (Å²) in [6.07, 6.45) is 5.07. The van der Waals surface area contributed by atoms with Crippen LogP contribution in [0.3, 0.4) is 0 Å². The predicted octanol–water partition coefficient (Wildman–Crippen LogP) is 1.95. The lowest BCUT2D eigenvalue weighted by molar-refractivity contribution is -0.539. The smallest absolute Gasteiger partial charge is 0.305 e. The highest BCUT2D eigenvalue weighted by Gasteiger charge is 2.02. The van der Waals surface area contributed by atoms with Crippen LogP contribution in [0.1, 0.15) is 11.1 Å². The fourth-order valence-electron chi connectivity index (χ4n) is 1.66. The molecular weight excluding hydrogens is 549 g/mol. The quantitative estimate of drug-likeness (QED) is 0.200. The molecule has 0 aliphatic heterocycles. The van der Waals surface area contributed by atoms with Crippen LogP contribution in [-0.2, 0) is 0 Å². The van der Waals surface area contributed by atoms with Crippen LogP contribution in [0.5, 0.6) is 0 Å². The Morgan fingerprint density at radius 3 is 1.96 bits per heavy atom. The van der Waals surface area contributed by atoms with Crippen LogP contribution in [0.2, 0.25) is 20.1 Å². The lowest BCUT2D eigenvalue weighted by Gasteiger charge is -1.98. The maximum atomic E-state index is 6.09. The SMILES string of the molecule is CS/C(=N/N=C/c1ccc(Cl)cc1Cl)[NH2+]/N=C/c1ccc(Cl)cc1Cl.[I-]. The summed E-state index contributed by atoms with van der Waals surface area (Å²) in [5, 5.41) is 15.2. The first-order valence-corrected chi connectivity index (χ1v) is 9.65. The third-order valence-corrected chi connectivity index (χ3v) is 4.62. The highest BCUT2D eigenvalue weighted by Crippen LogP contribution is 2.20.